The highest BCUT2D eigenvalue weighted by molar-refractivity contribution is 9.10. The molecule has 0 aromatic heterocycles. The summed E-state index contributed by atoms with van der Waals surface area (Å²) in [4.78, 5) is 2.28. The van der Waals surface area contributed by atoms with Gasteiger partial charge in [-0.15, -0.1) is 0 Å². The molecule has 1 aromatic rings. The fourth-order valence-electron chi connectivity index (χ4n) is 1.62. The van der Waals surface area contributed by atoms with Gasteiger partial charge in [-0.2, -0.15) is 5.26 Å². The summed E-state index contributed by atoms with van der Waals surface area (Å²) in [5, 5.41) is 8.77. The number of hydrogen-bond acceptors (Lipinski definition) is 2. The molecule has 0 spiro atoms. The highest BCUT2D eigenvalue weighted by Gasteiger charge is 2.11. The lowest BCUT2D eigenvalue weighted by atomic mass is 10.2. The highest BCUT2D eigenvalue weighted by atomic mass is 79.9. The average Bonchev–Trinajstić information content (AvgIpc) is 2.20. The standard InChI is InChI=1S/C12H15BrN2/c1-4-15(9(2)3)12-6-5-10(8-14)7-11(12)13/h5-7,9H,4H2,1-3H3. The van der Waals surface area contributed by atoms with Gasteiger partial charge in [-0.05, 0) is 54.9 Å². The van der Waals surface area contributed by atoms with Crippen LogP contribution in [-0.4, -0.2) is 12.6 Å². The molecule has 0 saturated carbocycles. The Kier molecular flexibility index (Phi) is 4.16. The van der Waals surface area contributed by atoms with E-state index in [9.17, 15) is 0 Å². The molecule has 0 radical (unpaired) electrons. The minimum atomic E-state index is 0.458. The number of rotatable bonds is 3. The Morgan fingerprint density at radius 1 is 1.47 bits per heavy atom. The summed E-state index contributed by atoms with van der Waals surface area (Å²) >= 11 is 3.50. The molecule has 2 nitrogen and oxygen atoms in total. The van der Waals surface area contributed by atoms with Crippen molar-refractivity contribution in [2.24, 2.45) is 0 Å². The topological polar surface area (TPSA) is 27.0 Å². The molecule has 0 aliphatic heterocycles. The fourth-order valence-corrected chi connectivity index (χ4v) is 2.23. The van der Waals surface area contributed by atoms with Gasteiger partial charge in [0.1, 0.15) is 0 Å². The molecular weight excluding hydrogens is 252 g/mol. The van der Waals surface area contributed by atoms with Crippen LogP contribution in [0.4, 0.5) is 5.69 Å². The van der Waals surface area contributed by atoms with Gasteiger partial charge < -0.3 is 4.90 Å². The zero-order chi connectivity index (χ0) is 11.4. The maximum atomic E-state index is 8.77. The Morgan fingerprint density at radius 2 is 2.13 bits per heavy atom. The predicted molar refractivity (Wildman–Crippen MR) is 67.0 cm³/mol. The van der Waals surface area contributed by atoms with Gasteiger partial charge in [-0.1, -0.05) is 0 Å². The monoisotopic (exact) mass is 266 g/mol. The Bertz CT molecular complexity index is 380. The molecule has 80 valence electrons. The molecule has 0 heterocycles. The molecule has 0 amide bonds. The molecule has 15 heavy (non-hydrogen) atoms. The van der Waals surface area contributed by atoms with Crippen LogP contribution in [0, 0.1) is 11.3 Å². The third-order valence-electron chi connectivity index (χ3n) is 2.35. The molecular formula is C12H15BrN2. The van der Waals surface area contributed by atoms with Crippen LogP contribution in [0.5, 0.6) is 0 Å². The van der Waals surface area contributed by atoms with Gasteiger partial charge in [0.25, 0.3) is 0 Å². The van der Waals surface area contributed by atoms with Crippen molar-refractivity contribution in [1.29, 1.82) is 5.26 Å². The zero-order valence-corrected chi connectivity index (χ0v) is 10.9. The summed E-state index contributed by atoms with van der Waals surface area (Å²) in [6, 6.07) is 8.30. The zero-order valence-electron chi connectivity index (χ0n) is 9.29. The summed E-state index contributed by atoms with van der Waals surface area (Å²) in [5.41, 5.74) is 1.83. The van der Waals surface area contributed by atoms with Crippen LogP contribution >= 0.6 is 15.9 Å². The van der Waals surface area contributed by atoms with Crippen molar-refractivity contribution >= 4 is 21.6 Å². The van der Waals surface area contributed by atoms with E-state index in [1.807, 2.05) is 18.2 Å². The van der Waals surface area contributed by atoms with E-state index in [0.29, 0.717) is 11.6 Å². The van der Waals surface area contributed by atoms with E-state index in [1.165, 1.54) is 0 Å². The maximum absolute atomic E-state index is 8.77. The average molecular weight is 267 g/mol. The molecule has 0 aliphatic carbocycles. The van der Waals surface area contributed by atoms with E-state index in [4.69, 9.17) is 5.26 Å². The Morgan fingerprint density at radius 3 is 2.53 bits per heavy atom. The molecule has 0 N–H and O–H groups in total. The molecule has 1 aromatic carbocycles. The first-order chi connectivity index (χ1) is 7.10. The van der Waals surface area contributed by atoms with Gasteiger partial charge in [-0.3, -0.25) is 0 Å². The SMILES string of the molecule is CCN(c1ccc(C#N)cc1Br)C(C)C. The molecule has 0 unspecified atom stereocenters. The van der Waals surface area contributed by atoms with Gasteiger partial charge in [0.15, 0.2) is 0 Å². The molecule has 0 bridgehead atoms. The highest BCUT2D eigenvalue weighted by Crippen LogP contribution is 2.28. The van der Waals surface area contributed by atoms with Crippen molar-refractivity contribution in [1.82, 2.24) is 0 Å². The van der Waals surface area contributed by atoms with Crippen molar-refractivity contribution in [2.75, 3.05) is 11.4 Å². The number of nitrogens with zero attached hydrogens (tertiary/aromatic N) is 2. The van der Waals surface area contributed by atoms with E-state index in [-0.39, 0.29) is 0 Å². The van der Waals surface area contributed by atoms with Crippen LogP contribution in [0.15, 0.2) is 22.7 Å². The lowest BCUT2D eigenvalue weighted by Crippen LogP contribution is -2.30. The molecule has 3 heteroatoms. The molecule has 0 atom stereocenters. The largest absolute Gasteiger partial charge is 0.368 e. The van der Waals surface area contributed by atoms with E-state index in [1.54, 1.807) is 0 Å². The molecule has 0 saturated heterocycles. The lowest BCUT2D eigenvalue weighted by molar-refractivity contribution is 0.702. The first kappa shape index (κ1) is 12.1. The second kappa shape index (κ2) is 5.18. The molecule has 0 fully saturated rings. The lowest BCUT2D eigenvalue weighted by Gasteiger charge is -2.28. The second-order valence-electron chi connectivity index (χ2n) is 3.66. The van der Waals surface area contributed by atoms with Gasteiger partial charge in [0.05, 0.1) is 17.3 Å². The summed E-state index contributed by atoms with van der Waals surface area (Å²) in [6.07, 6.45) is 0. The van der Waals surface area contributed by atoms with E-state index < -0.39 is 0 Å². The smallest absolute Gasteiger partial charge is 0.0992 e. The summed E-state index contributed by atoms with van der Waals surface area (Å²) in [7, 11) is 0. The third-order valence-corrected chi connectivity index (χ3v) is 2.99. The maximum Gasteiger partial charge on any atom is 0.0992 e. The van der Waals surface area contributed by atoms with E-state index in [0.717, 1.165) is 16.7 Å². The Labute approximate surface area is 99.6 Å². The Hall–Kier alpha value is -1.01. The van der Waals surface area contributed by atoms with Gasteiger partial charge in [0.2, 0.25) is 0 Å². The summed E-state index contributed by atoms with van der Waals surface area (Å²) in [6.45, 7) is 7.41. The quantitative estimate of drug-likeness (QED) is 0.837. The summed E-state index contributed by atoms with van der Waals surface area (Å²) < 4.78 is 0.983. The van der Waals surface area contributed by atoms with Crippen molar-refractivity contribution in [3.8, 4) is 6.07 Å². The minimum Gasteiger partial charge on any atom is -0.368 e. The fraction of sp³-hybridized carbons (Fsp3) is 0.417. The number of hydrogen-bond donors (Lipinski definition) is 0. The first-order valence-electron chi connectivity index (χ1n) is 5.06. The predicted octanol–water partition coefficient (Wildman–Crippen LogP) is 3.56. The van der Waals surface area contributed by atoms with Crippen molar-refractivity contribution < 1.29 is 0 Å². The van der Waals surface area contributed by atoms with Crippen LogP contribution in [0.25, 0.3) is 0 Å². The molecule has 0 aliphatic rings. The number of nitriles is 1. The van der Waals surface area contributed by atoms with Crippen LogP contribution in [-0.2, 0) is 0 Å². The van der Waals surface area contributed by atoms with Crippen LogP contribution in [0.1, 0.15) is 26.3 Å². The first-order valence-corrected chi connectivity index (χ1v) is 5.85. The minimum absolute atomic E-state index is 0.458. The number of anilines is 1. The Balaban J connectivity index is 3.10. The number of benzene rings is 1. The normalized spacial score (nSPS) is 10.1. The van der Waals surface area contributed by atoms with E-state index >= 15 is 0 Å². The van der Waals surface area contributed by atoms with Crippen LogP contribution in [0.2, 0.25) is 0 Å². The van der Waals surface area contributed by atoms with Crippen LogP contribution in [0.3, 0.4) is 0 Å². The van der Waals surface area contributed by atoms with Crippen molar-refractivity contribution in [3.05, 3.63) is 28.2 Å². The molecule has 1 rings (SSSR count). The van der Waals surface area contributed by atoms with Crippen molar-refractivity contribution in [3.63, 3.8) is 0 Å². The third kappa shape index (κ3) is 2.73. The second-order valence-corrected chi connectivity index (χ2v) is 4.51. The van der Waals surface area contributed by atoms with E-state index in [2.05, 4.69) is 47.7 Å². The van der Waals surface area contributed by atoms with Gasteiger partial charge in [-0.25, -0.2) is 0 Å². The van der Waals surface area contributed by atoms with Gasteiger partial charge in [0, 0.05) is 17.1 Å². The van der Waals surface area contributed by atoms with Crippen molar-refractivity contribution in [2.45, 2.75) is 26.8 Å². The van der Waals surface area contributed by atoms with Gasteiger partial charge >= 0.3 is 0 Å². The number of halogens is 1. The van der Waals surface area contributed by atoms with Crippen LogP contribution < -0.4 is 4.90 Å². The summed E-state index contributed by atoms with van der Waals surface area (Å²) in [5.74, 6) is 0.